The number of nitrogen functional groups attached to an aromatic ring is 2. The monoisotopic (exact) mass is 619 g/mol. The number of amidine groups is 2. The summed E-state index contributed by atoms with van der Waals surface area (Å²) in [5.41, 5.74) is 15.8. The topological polar surface area (TPSA) is 140 Å². The second-order valence-corrected chi connectivity index (χ2v) is 11.8. The van der Waals surface area contributed by atoms with Crippen LogP contribution in [0.25, 0.3) is 32.6 Å². The number of nitrogens with two attached hydrogens (primary N) is 2. The van der Waals surface area contributed by atoms with Crippen molar-refractivity contribution >= 4 is 60.2 Å². The van der Waals surface area contributed by atoms with Gasteiger partial charge in [0.15, 0.2) is 0 Å². The molecule has 0 amide bonds. The molecule has 2 aromatic heterocycles. The number of fused-ring (bicyclic) bond motifs is 3. The fraction of sp³-hybridized carbons (Fsp3) is 0.152. The normalized spacial score (nSPS) is 11.6. The smallest absolute Gasteiger partial charge is 0.277 e. The van der Waals surface area contributed by atoms with Gasteiger partial charge in [0.05, 0.1) is 11.0 Å². The molecule has 6 rings (SSSR count). The van der Waals surface area contributed by atoms with Gasteiger partial charge in [-0.2, -0.15) is 0 Å². The highest BCUT2D eigenvalue weighted by Gasteiger charge is 2.21. The van der Waals surface area contributed by atoms with E-state index < -0.39 is 0 Å². The van der Waals surface area contributed by atoms with Crippen LogP contribution in [0.3, 0.4) is 0 Å². The van der Waals surface area contributed by atoms with Gasteiger partial charge in [-0.15, -0.1) is 0 Å². The number of aromatic nitrogens is 3. The minimum atomic E-state index is -0.121. The van der Waals surface area contributed by atoms with Crippen molar-refractivity contribution in [1.82, 2.24) is 14.1 Å². The molecule has 2 heterocycles. The van der Waals surface area contributed by atoms with Gasteiger partial charge >= 0.3 is 0 Å². The molecule has 0 aliphatic heterocycles. The molecule has 0 radical (unpaired) electrons. The minimum absolute atomic E-state index is 0.0211. The van der Waals surface area contributed by atoms with Crippen LogP contribution in [-0.2, 0) is 13.1 Å². The Labute approximate surface area is 250 Å². The maximum Gasteiger partial charge on any atom is 0.277 e. The minimum Gasteiger partial charge on any atom is -0.384 e. The molecule has 0 atom stereocenters. The van der Waals surface area contributed by atoms with E-state index in [4.69, 9.17) is 27.3 Å². The third kappa shape index (κ3) is 4.96. The third-order valence-electron chi connectivity index (χ3n) is 7.60. The lowest BCUT2D eigenvalue weighted by atomic mass is 10.0. The zero-order valence-electron chi connectivity index (χ0n) is 23.3. The molecule has 0 unspecified atom stereocenters. The number of rotatable bonds is 7. The van der Waals surface area contributed by atoms with E-state index in [1.807, 2.05) is 71.4 Å². The summed E-state index contributed by atoms with van der Waals surface area (Å²) in [6, 6.07) is 23.7. The highest BCUT2D eigenvalue weighted by molar-refractivity contribution is 9.10. The van der Waals surface area contributed by atoms with E-state index in [1.54, 1.807) is 4.57 Å². The SMILES string of the molecule is CC(C)c1nc2c(Br)cn(Cc3ccc4ccc(C(=N)N)cc4c3)c(=O)c2n1Cc1ccc2ccc(C(=N)N)cc2c1. The second kappa shape index (κ2) is 10.6. The van der Waals surface area contributed by atoms with Gasteiger partial charge < -0.3 is 20.6 Å². The number of nitrogens with one attached hydrogen (secondary N) is 2. The zero-order valence-corrected chi connectivity index (χ0v) is 24.9. The summed E-state index contributed by atoms with van der Waals surface area (Å²) in [4.78, 5) is 19.0. The van der Waals surface area contributed by atoms with Crippen LogP contribution >= 0.6 is 15.9 Å². The van der Waals surface area contributed by atoms with Gasteiger partial charge in [0.1, 0.15) is 28.5 Å². The van der Waals surface area contributed by atoms with E-state index in [-0.39, 0.29) is 23.1 Å². The van der Waals surface area contributed by atoms with E-state index in [2.05, 4.69) is 41.9 Å². The number of pyridine rings is 1. The largest absolute Gasteiger partial charge is 0.384 e. The van der Waals surface area contributed by atoms with Crippen LogP contribution < -0.4 is 17.0 Å². The quantitative estimate of drug-likeness (QED) is 0.127. The number of halogens is 1. The van der Waals surface area contributed by atoms with Gasteiger partial charge in [-0.1, -0.05) is 62.4 Å². The first kappa shape index (κ1) is 27.4. The summed E-state index contributed by atoms with van der Waals surface area (Å²) in [5.74, 6) is 0.979. The molecule has 0 aliphatic carbocycles. The van der Waals surface area contributed by atoms with Crippen molar-refractivity contribution in [2.45, 2.75) is 32.9 Å². The van der Waals surface area contributed by atoms with Crippen LogP contribution in [0.2, 0.25) is 0 Å². The molecular formula is C33H30BrN7O. The molecule has 0 aliphatic rings. The van der Waals surface area contributed by atoms with E-state index in [0.717, 1.165) is 43.0 Å². The van der Waals surface area contributed by atoms with Crippen LogP contribution in [0.15, 0.2) is 88.3 Å². The standard InChI is InChI=1S/C33H30BrN7O/c1-18(2)32-39-28-27(34)17-40(15-19-3-5-21-7-9-23(30(35)36)13-25(21)11-19)33(42)29(28)41(32)16-20-4-6-22-8-10-24(31(37)38)14-26(22)12-20/h3-14,17-18H,15-16H2,1-2H3,(H3,35,36)(H3,37,38). The molecule has 6 aromatic rings. The lowest BCUT2D eigenvalue weighted by molar-refractivity contribution is 0.677. The van der Waals surface area contributed by atoms with Gasteiger partial charge in [0.25, 0.3) is 5.56 Å². The number of hydrogen-bond donors (Lipinski definition) is 4. The Hall–Kier alpha value is -4.76. The van der Waals surface area contributed by atoms with Gasteiger partial charge in [0, 0.05) is 29.8 Å². The highest BCUT2D eigenvalue weighted by Crippen LogP contribution is 2.28. The summed E-state index contributed by atoms with van der Waals surface area (Å²) >= 11 is 3.69. The number of benzene rings is 4. The predicted octanol–water partition coefficient (Wildman–Crippen LogP) is 6.06. The summed E-state index contributed by atoms with van der Waals surface area (Å²) in [6.07, 6.45) is 1.81. The van der Waals surface area contributed by atoms with Crippen molar-refractivity contribution in [3.8, 4) is 0 Å². The summed E-state index contributed by atoms with van der Waals surface area (Å²) in [5, 5.41) is 19.6. The van der Waals surface area contributed by atoms with Crippen LogP contribution in [-0.4, -0.2) is 25.8 Å². The number of imidazole rings is 1. The van der Waals surface area contributed by atoms with Gasteiger partial charge in [-0.05, 0) is 72.9 Å². The Morgan fingerprint density at radius 1 is 0.810 bits per heavy atom. The maximum absolute atomic E-state index is 14.1. The van der Waals surface area contributed by atoms with Crippen molar-refractivity contribution in [1.29, 1.82) is 10.8 Å². The number of nitrogens with zero attached hydrogens (tertiary/aromatic N) is 3. The Morgan fingerprint density at radius 3 is 1.86 bits per heavy atom. The first-order valence-electron chi connectivity index (χ1n) is 13.6. The Morgan fingerprint density at radius 2 is 1.33 bits per heavy atom. The molecule has 0 spiro atoms. The third-order valence-corrected chi connectivity index (χ3v) is 8.18. The van der Waals surface area contributed by atoms with Crippen LogP contribution in [0.1, 0.15) is 47.8 Å². The Kier molecular flexibility index (Phi) is 6.90. The molecule has 0 saturated heterocycles. The molecule has 42 heavy (non-hydrogen) atoms. The molecule has 8 nitrogen and oxygen atoms in total. The molecule has 0 saturated carbocycles. The van der Waals surface area contributed by atoms with Gasteiger partial charge in [0.2, 0.25) is 0 Å². The summed E-state index contributed by atoms with van der Waals surface area (Å²) < 4.78 is 4.49. The Balaban J connectivity index is 1.45. The van der Waals surface area contributed by atoms with Crippen molar-refractivity contribution < 1.29 is 0 Å². The molecule has 6 N–H and O–H groups in total. The fourth-order valence-corrected chi connectivity index (χ4v) is 5.99. The maximum atomic E-state index is 14.1. The molecule has 0 fully saturated rings. The van der Waals surface area contributed by atoms with Crippen molar-refractivity contribution in [2.24, 2.45) is 11.5 Å². The molecule has 4 aromatic carbocycles. The highest BCUT2D eigenvalue weighted by atomic mass is 79.9. The van der Waals surface area contributed by atoms with Crippen molar-refractivity contribution in [3.05, 3.63) is 122 Å². The second-order valence-electron chi connectivity index (χ2n) is 10.9. The zero-order chi connectivity index (χ0) is 29.7. The predicted molar refractivity (Wildman–Crippen MR) is 174 cm³/mol. The molecule has 9 heteroatoms. The Bertz CT molecular complexity index is 2120. The summed E-state index contributed by atoms with van der Waals surface area (Å²) in [6.45, 7) is 5.00. The van der Waals surface area contributed by atoms with Crippen LogP contribution in [0.5, 0.6) is 0 Å². The first-order valence-corrected chi connectivity index (χ1v) is 14.4. The number of hydrogen-bond acceptors (Lipinski definition) is 4. The average molecular weight is 621 g/mol. The molecule has 0 bridgehead atoms. The van der Waals surface area contributed by atoms with E-state index in [9.17, 15) is 4.79 Å². The lowest BCUT2D eigenvalue weighted by Crippen LogP contribution is -2.23. The molecular weight excluding hydrogens is 590 g/mol. The first-order chi connectivity index (χ1) is 20.1. The van der Waals surface area contributed by atoms with Crippen LogP contribution in [0, 0.1) is 10.8 Å². The van der Waals surface area contributed by atoms with Gasteiger partial charge in [-0.3, -0.25) is 15.6 Å². The lowest BCUT2D eigenvalue weighted by Gasteiger charge is -2.14. The van der Waals surface area contributed by atoms with Crippen LogP contribution in [0.4, 0.5) is 0 Å². The van der Waals surface area contributed by atoms with Crippen molar-refractivity contribution in [3.63, 3.8) is 0 Å². The summed E-state index contributed by atoms with van der Waals surface area (Å²) in [7, 11) is 0. The fourth-order valence-electron chi connectivity index (χ4n) is 5.47. The van der Waals surface area contributed by atoms with E-state index >= 15 is 0 Å². The molecule has 210 valence electrons. The van der Waals surface area contributed by atoms with Gasteiger partial charge in [-0.25, -0.2) is 4.98 Å². The average Bonchev–Trinajstić information content (AvgIpc) is 3.35. The van der Waals surface area contributed by atoms with E-state index in [0.29, 0.717) is 35.2 Å². The van der Waals surface area contributed by atoms with E-state index in [1.165, 1.54) is 0 Å². The van der Waals surface area contributed by atoms with Crippen molar-refractivity contribution in [2.75, 3.05) is 0 Å².